The monoisotopic (exact) mass is 359 g/mol. The number of nitrogens with zero attached hydrogens (tertiary/aromatic N) is 2. The van der Waals surface area contributed by atoms with Crippen LogP contribution >= 0.6 is 0 Å². The van der Waals surface area contributed by atoms with Crippen molar-refractivity contribution in [2.75, 3.05) is 39.3 Å². The lowest BCUT2D eigenvalue weighted by Gasteiger charge is -2.44. The molecule has 0 spiro atoms. The molecule has 1 amide bonds. The standard InChI is InChI=1S/C21H33N3O2/c1-16-14-23(18(3)25)15-17(2)24(16)12-13-26-21-6-4-19(5-7-21)20-8-10-22-11-9-20/h4-7,16-17,20,22H,8-15H2,1-3H3/t16-,17+. The predicted molar refractivity (Wildman–Crippen MR) is 105 cm³/mol. The number of hydrogen-bond donors (Lipinski definition) is 1. The molecule has 0 saturated carbocycles. The fraction of sp³-hybridized carbons (Fsp3) is 0.667. The summed E-state index contributed by atoms with van der Waals surface area (Å²) < 4.78 is 5.99. The number of piperidine rings is 1. The number of carbonyl (C=O) groups is 1. The highest BCUT2D eigenvalue weighted by atomic mass is 16.5. The highest BCUT2D eigenvalue weighted by Gasteiger charge is 2.30. The molecule has 0 unspecified atom stereocenters. The lowest BCUT2D eigenvalue weighted by atomic mass is 9.90. The molecule has 1 aromatic carbocycles. The summed E-state index contributed by atoms with van der Waals surface area (Å²) in [5.41, 5.74) is 1.43. The van der Waals surface area contributed by atoms with E-state index in [0.29, 0.717) is 24.6 Å². The number of nitrogens with one attached hydrogen (secondary N) is 1. The number of piperazine rings is 1. The summed E-state index contributed by atoms with van der Waals surface area (Å²) in [6.45, 7) is 11.5. The molecule has 0 aromatic heterocycles. The Morgan fingerprint density at radius 2 is 1.73 bits per heavy atom. The quantitative estimate of drug-likeness (QED) is 0.877. The van der Waals surface area contributed by atoms with Crippen LogP contribution in [-0.4, -0.2) is 67.1 Å². The van der Waals surface area contributed by atoms with Gasteiger partial charge in [0, 0.05) is 38.6 Å². The van der Waals surface area contributed by atoms with Gasteiger partial charge in [-0.3, -0.25) is 9.69 Å². The molecule has 5 nitrogen and oxygen atoms in total. The van der Waals surface area contributed by atoms with Crippen molar-refractivity contribution in [1.82, 2.24) is 15.1 Å². The van der Waals surface area contributed by atoms with Crippen LogP contribution in [0.4, 0.5) is 0 Å². The van der Waals surface area contributed by atoms with Crippen molar-refractivity contribution in [3.05, 3.63) is 29.8 Å². The molecule has 1 N–H and O–H groups in total. The van der Waals surface area contributed by atoms with Crippen LogP contribution < -0.4 is 10.1 Å². The summed E-state index contributed by atoms with van der Waals surface area (Å²) >= 11 is 0. The molecule has 0 bridgehead atoms. The van der Waals surface area contributed by atoms with Gasteiger partial charge in [0.05, 0.1) is 0 Å². The van der Waals surface area contributed by atoms with Gasteiger partial charge in [-0.15, -0.1) is 0 Å². The minimum Gasteiger partial charge on any atom is -0.492 e. The van der Waals surface area contributed by atoms with Crippen LogP contribution in [0.5, 0.6) is 5.75 Å². The van der Waals surface area contributed by atoms with Crippen molar-refractivity contribution in [2.24, 2.45) is 0 Å². The topological polar surface area (TPSA) is 44.8 Å². The average molecular weight is 360 g/mol. The van der Waals surface area contributed by atoms with Gasteiger partial charge < -0.3 is 15.0 Å². The second-order valence-electron chi connectivity index (χ2n) is 7.80. The third-order valence-corrected chi connectivity index (χ3v) is 5.86. The average Bonchev–Trinajstić information content (AvgIpc) is 2.65. The van der Waals surface area contributed by atoms with Crippen LogP contribution in [-0.2, 0) is 4.79 Å². The van der Waals surface area contributed by atoms with Crippen LogP contribution in [0.15, 0.2) is 24.3 Å². The first-order valence-electron chi connectivity index (χ1n) is 9.99. The maximum Gasteiger partial charge on any atom is 0.219 e. The second kappa shape index (κ2) is 8.87. The minimum absolute atomic E-state index is 0.174. The van der Waals surface area contributed by atoms with Gasteiger partial charge in [0.2, 0.25) is 5.91 Å². The van der Waals surface area contributed by atoms with Gasteiger partial charge in [0.25, 0.3) is 0 Å². The van der Waals surface area contributed by atoms with E-state index in [-0.39, 0.29) is 5.91 Å². The van der Waals surface area contributed by atoms with E-state index in [1.807, 2.05) is 4.90 Å². The number of ether oxygens (including phenoxy) is 1. The first kappa shape index (κ1) is 19.2. The summed E-state index contributed by atoms with van der Waals surface area (Å²) in [6, 6.07) is 9.40. The Morgan fingerprint density at radius 3 is 2.31 bits per heavy atom. The Kier molecular flexibility index (Phi) is 6.54. The van der Waals surface area contributed by atoms with Crippen molar-refractivity contribution in [1.29, 1.82) is 0 Å². The normalized spacial score (nSPS) is 25.3. The number of amides is 1. The summed E-state index contributed by atoms with van der Waals surface area (Å²) in [5.74, 6) is 1.81. The van der Waals surface area contributed by atoms with Crippen molar-refractivity contribution >= 4 is 5.91 Å². The van der Waals surface area contributed by atoms with E-state index in [1.54, 1.807) is 6.92 Å². The Hall–Kier alpha value is -1.59. The zero-order chi connectivity index (χ0) is 18.5. The van der Waals surface area contributed by atoms with E-state index in [0.717, 1.165) is 38.5 Å². The Labute approximate surface area is 157 Å². The van der Waals surface area contributed by atoms with Gasteiger partial charge in [-0.25, -0.2) is 0 Å². The van der Waals surface area contributed by atoms with Crippen LogP contribution in [0.25, 0.3) is 0 Å². The smallest absolute Gasteiger partial charge is 0.219 e. The molecular weight excluding hydrogens is 326 g/mol. The highest BCUT2D eigenvalue weighted by molar-refractivity contribution is 5.73. The zero-order valence-corrected chi connectivity index (χ0v) is 16.4. The van der Waals surface area contributed by atoms with Crippen molar-refractivity contribution in [2.45, 2.75) is 51.6 Å². The molecule has 2 aliphatic heterocycles. The molecule has 2 heterocycles. The largest absolute Gasteiger partial charge is 0.492 e. The van der Waals surface area contributed by atoms with Gasteiger partial charge in [-0.1, -0.05) is 12.1 Å². The fourth-order valence-corrected chi connectivity index (χ4v) is 4.31. The molecule has 3 rings (SSSR count). The van der Waals surface area contributed by atoms with Gasteiger partial charge >= 0.3 is 0 Å². The summed E-state index contributed by atoms with van der Waals surface area (Å²) in [4.78, 5) is 16.0. The third-order valence-electron chi connectivity index (χ3n) is 5.86. The van der Waals surface area contributed by atoms with E-state index in [1.165, 1.54) is 18.4 Å². The molecule has 1 aromatic rings. The zero-order valence-electron chi connectivity index (χ0n) is 16.4. The number of carbonyl (C=O) groups excluding carboxylic acids is 1. The maximum absolute atomic E-state index is 11.6. The van der Waals surface area contributed by atoms with E-state index in [4.69, 9.17) is 4.74 Å². The van der Waals surface area contributed by atoms with Crippen LogP contribution in [0.3, 0.4) is 0 Å². The molecular formula is C21H33N3O2. The second-order valence-corrected chi connectivity index (χ2v) is 7.80. The molecule has 26 heavy (non-hydrogen) atoms. The molecule has 144 valence electrons. The van der Waals surface area contributed by atoms with E-state index in [2.05, 4.69) is 48.3 Å². The molecule has 2 saturated heterocycles. The maximum atomic E-state index is 11.6. The Balaban J connectivity index is 1.46. The lowest BCUT2D eigenvalue weighted by Crippen LogP contribution is -2.58. The van der Waals surface area contributed by atoms with E-state index >= 15 is 0 Å². The fourth-order valence-electron chi connectivity index (χ4n) is 4.31. The Bertz CT molecular complexity index is 571. The number of hydrogen-bond acceptors (Lipinski definition) is 4. The van der Waals surface area contributed by atoms with Crippen LogP contribution in [0.2, 0.25) is 0 Å². The highest BCUT2D eigenvalue weighted by Crippen LogP contribution is 2.26. The van der Waals surface area contributed by atoms with Crippen molar-refractivity contribution < 1.29 is 9.53 Å². The van der Waals surface area contributed by atoms with Gasteiger partial charge in [-0.05, 0) is 63.4 Å². The summed E-state index contributed by atoms with van der Waals surface area (Å²) in [6.07, 6.45) is 2.45. The lowest BCUT2D eigenvalue weighted by molar-refractivity contribution is -0.133. The number of benzene rings is 1. The summed E-state index contributed by atoms with van der Waals surface area (Å²) in [5, 5.41) is 3.42. The third kappa shape index (κ3) is 4.77. The first-order valence-corrected chi connectivity index (χ1v) is 9.99. The molecule has 0 radical (unpaired) electrons. The molecule has 0 aliphatic carbocycles. The van der Waals surface area contributed by atoms with Gasteiger partial charge in [0.1, 0.15) is 12.4 Å². The van der Waals surface area contributed by atoms with Crippen LogP contribution in [0, 0.1) is 0 Å². The molecule has 5 heteroatoms. The SMILES string of the molecule is CC(=O)N1C[C@@H](C)N(CCOc2ccc(C3CCNCC3)cc2)[C@@H](C)C1. The van der Waals surface area contributed by atoms with Crippen LogP contribution in [0.1, 0.15) is 45.1 Å². The van der Waals surface area contributed by atoms with E-state index in [9.17, 15) is 4.79 Å². The Morgan fingerprint density at radius 1 is 1.12 bits per heavy atom. The molecule has 2 aliphatic rings. The molecule has 2 fully saturated rings. The predicted octanol–water partition coefficient (Wildman–Crippen LogP) is 2.47. The first-order chi connectivity index (χ1) is 12.5. The van der Waals surface area contributed by atoms with Gasteiger partial charge in [-0.2, -0.15) is 0 Å². The minimum atomic E-state index is 0.174. The molecule has 2 atom stereocenters. The van der Waals surface area contributed by atoms with E-state index < -0.39 is 0 Å². The van der Waals surface area contributed by atoms with Gasteiger partial charge in [0.15, 0.2) is 0 Å². The summed E-state index contributed by atoms with van der Waals surface area (Å²) in [7, 11) is 0. The van der Waals surface area contributed by atoms with Crippen molar-refractivity contribution in [3.63, 3.8) is 0 Å². The number of rotatable bonds is 5. The van der Waals surface area contributed by atoms with Crippen molar-refractivity contribution in [3.8, 4) is 5.75 Å².